The van der Waals surface area contributed by atoms with Gasteiger partial charge in [-0.15, -0.1) is 12.4 Å². The van der Waals surface area contributed by atoms with Crippen LogP contribution in [0.5, 0.6) is 0 Å². The first-order valence-corrected chi connectivity index (χ1v) is 7.46. The molecule has 0 bridgehead atoms. The van der Waals surface area contributed by atoms with Crippen LogP contribution in [0.25, 0.3) is 0 Å². The number of benzene rings is 1. The number of hydrogen-bond donors (Lipinski definition) is 1. The van der Waals surface area contributed by atoms with Gasteiger partial charge in [-0.2, -0.15) is 0 Å². The number of carbonyl (C=O) groups excluding carboxylic acids is 2. The molecule has 1 heterocycles. The topological polar surface area (TPSA) is 66.6 Å². The molecule has 7 heteroatoms. The molecule has 2 amide bonds. The van der Waals surface area contributed by atoms with Crippen molar-refractivity contribution in [2.45, 2.75) is 19.4 Å². The normalized spacial score (nSPS) is 16.5. The van der Waals surface area contributed by atoms with Crippen LogP contribution >= 0.6 is 24.0 Å². The van der Waals surface area contributed by atoms with Gasteiger partial charge in [-0.1, -0.05) is 17.7 Å². The second-order valence-corrected chi connectivity index (χ2v) is 5.71. The number of nitrogens with zero attached hydrogens (tertiary/aromatic N) is 2. The van der Waals surface area contributed by atoms with Gasteiger partial charge in [0.1, 0.15) is 0 Å². The van der Waals surface area contributed by atoms with Crippen LogP contribution in [-0.2, 0) is 4.79 Å². The third-order valence-electron chi connectivity index (χ3n) is 3.56. The van der Waals surface area contributed by atoms with Crippen LogP contribution in [0.4, 0.5) is 0 Å². The Morgan fingerprint density at radius 3 is 2.45 bits per heavy atom. The van der Waals surface area contributed by atoms with Crippen molar-refractivity contribution in [1.29, 1.82) is 0 Å². The zero-order valence-electron chi connectivity index (χ0n) is 12.5. The summed E-state index contributed by atoms with van der Waals surface area (Å²) in [5.74, 6) is -0.111. The molecule has 1 saturated heterocycles. The summed E-state index contributed by atoms with van der Waals surface area (Å²) in [7, 11) is 0. The summed E-state index contributed by atoms with van der Waals surface area (Å²) < 4.78 is 0. The summed E-state index contributed by atoms with van der Waals surface area (Å²) in [6.45, 7) is 3.99. The van der Waals surface area contributed by atoms with Gasteiger partial charge in [-0.25, -0.2) is 0 Å². The van der Waals surface area contributed by atoms with Crippen LogP contribution < -0.4 is 5.73 Å². The maximum Gasteiger partial charge on any atom is 0.253 e. The van der Waals surface area contributed by atoms with Crippen molar-refractivity contribution in [1.82, 2.24) is 9.80 Å². The van der Waals surface area contributed by atoms with Gasteiger partial charge in [0, 0.05) is 36.8 Å². The third-order valence-corrected chi connectivity index (χ3v) is 3.79. The predicted octanol–water partition coefficient (Wildman–Crippen LogP) is 1.78. The van der Waals surface area contributed by atoms with Crippen LogP contribution in [0.2, 0.25) is 5.02 Å². The summed E-state index contributed by atoms with van der Waals surface area (Å²) >= 11 is 5.92. The Morgan fingerprint density at radius 2 is 1.82 bits per heavy atom. The molecule has 0 saturated carbocycles. The van der Waals surface area contributed by atoms with Gasteiger partial charge in [-0.3, -0.25) is 9.59 Å². The Balaban J connectivity index is 0.00000242. The molecule has 1 aliphatic heterocycles. The highest BCUT2D eigenvalue weighted by Gasteiger charge is 2.24. The number of halogens is 2. The molecule has 1 aromatic rings. The highest BCUT2D eigenvalue weighted by atomic mass is 35.5. The van der Waals surface area contributed by atoms with Crippen LogP contribution in [0.3, 0.4) is 0 Å². The maximum atomic E-state index is 12.5. The van der Waals surface area contributed by atoms with Crippen molar-refractivity contribution >= 4 is 35.8 Å². The van der Waals surface area contributed by atoms with Gasteiger partial charge in [0.2, 0.25) is 5.91 Å². The summed E-state index contributed by atoms with van der Waals surface area (Å²) in [6.07, 6.45) is 0.755. The van der Waals surface area contributed by atoms with Crippen molar-refractivity contribution < 1.29 is 9.59 Å². The van der Waals surface area contributed by atoms with Crippen molar-refractivity contribution in [3.63, 3.8) is 0 Å². The Kier molecular flexibility index (Phi) is 7.13. The van der Waals surface area contributed by atoms with E-state index in [9.17, 15) is 9.59 Å². The molecule has 0 spiro atoms. The van der Waals surface area contributed by atoms with E-state index in [-0.39, 0.29) is 24.2 Å². The number of amides is 2. The minimum Gasteiger partial charge on any atom is -0.340 e. The maximum absolute atomic E-state index is 12.5. The SMILES string of the molecule is C[C@@H](N)C(=O)N1CCCN(C(=O)c2cccc(Cl)c2)CC1.Cl. The Morgan fingerprint density at radius 1 is 1.18 bits per heavy atom. The standard InChI is InChI=1S/C15H20ClN3O2.ClH/c1-11(17)14(20)18-6-3-7-19(9-8-18)15(21)12-4-2-5-13(16)10-12;/h2,4-5,10-11H,3,6-9,17H2,1H3;1H/t11-;/m1./s1. The first kappa shape index (κ1) is 18.7. The number of nitrogens with two attached hydrogens (primary N) is 1. The summed E-state index contributed by atoms with van der Waals surface area (Å²) in [6, 6.07) is 6.42. The fourth-order valence-corrected chi connectivity index (χ4v) is 2.62. The average molecular weight is 346 g/mol. The molecule has 1 aromatic carbocycles. The zero-order chi connectivity index (χ0) is 15.4. The molecule has 2 rings (SSSR count). The predicted molar refractivity (Wildman–Crippen MR) is 89.4 cm³/mol. The van der Waals surface area contributed by atoms with Crippen LogP contribution in [0.1, 0.15) is 23.7 Å². The lowest BCUT2D eigenvalue weighted by Crippen LogP contribution is -2.44. The molecule has 0 radical (unpaired) electrons. The van der Waals surface area contributed by atoms with Gasteiger partial charge in [-0.05, 0) is 31.5 Å². The van der Waals surface area contributed by atoms with E-state index in [1.807, 2.05) is 0 Å². The fraction of sp³-hybridized carbons (Fsp3) is 0.467. The van der Waals surface area contributed by atoms with Crippen molar-refractivity contribution in [2.75, 3.05) is 26.2 Å². The smallest absolute Gasteiger partial charge is 0.253 e. The van der Waals surface area contributed by atoms with E-state index >= 15 is 0 Å². The molecular formula is C15H21Cl2N3O2. The lowest BCUT2D eigenvalue weighted by molar-refractivity contribution is -0.132. The largest absolute Gasteiger partial charge is 0.340 e. The Bertz CT molecular complexity index is 537. The van der Waals surface area contributed by atoms with E-state index in [4.69, 9.17) is 17.3 Å². The van der Waals surface area contributed by atoms with E-state index in [0.717, 1.165) is 6.42 Å². The van der Waals surface area contributed by atoms with Crippen molar-refractivity contribution in [3.05, 3.63) is 34.9 Å². The molecule has 1 fully saturated rings. The molecule has 0 aliphatic carbocycles. The van der Waals surface area contributed by atoms with Gasteiger partial charge in [0.25, 0.3) is 5.91 Å². The lowest BCUT2D eigenvalue weighted by atomic mass is 10.2. The van der Waals surface area contributed by atoms with E-state index < -0.39 is 6.04 Å². The molecule has 1 aliphatic rings. The number of carbonyl (C=O) groups is 2. The minimum atomic E-state index is -0.500. The summed E-state index contributed by atoms with van der Waals surface area (Å²) in [5.41, 5.74) is 6.21. The highest BCUT2D eigenvalue weighted by molar-refractivity contribution is 6.30. The molecule has 5 nitrogen and oxygen atoms in total. The fourth-order valence-electron chi connectivity index (χ4n) is 2.43. The summed E-state index contributed by atoms with van der Waals surface area (Å²) in [5, 5.41) is 0.546. The van der Waals surface area contributed by atoms with Crippen molar-refractivity contribution in [3.8, 4) is 0 Å². The Labute approximate surface area is 141 Å². The minimum absolute atomic E-state index is 0. The zero-order valence-corrected chi connectivity index (χ0v) is 14.1. The number of hydrogen-bond acceptors (Lipinski definition) is 3. The number of rotatable bonds is 2. The first-order chi connectivity index (χ1) is 9.99. The second-order valence-electron chi connectivity index (χ2n) is 5.27. The van der Waals surface area contributed by atoms with E-state index in [1.165, 1.54) is 0 Å². The highest BCUT2D eigenvalue weighted by Crippen LogP contribution is 2.14. The molecule has 122 valence electrons. The van der Waals surface area contributed by atoms with Crippen LogP contribution in [0, 0.1) is 0 Å². The van der Waals surface area contributed by atoms with E-state index in [0.29, 0.717) is 36.8 Å². The van der Waals surface area contributed by atoms with Crippen LogP contribution in [0.15, 0.2) is 24.3 Å². The summed E-state index contributed by atoms with van der Waals surface area (Å²) in [4.78, 5) is 27.9. The van der Waals surface area contributed by atoms with Crippen LogP contribution in [-0.4, -0.2) is 53.8 Å². The van der Waals surface area contributed by atoms with Gasteiger partial charge < -0.3 is 15.5 Å². The van der Waals surface area contributed by atoms with Gasteiger partial charge in [0.15, 0.2) is 0 Å². The monoisotopic (exact) mass is 345 g/mol. The quantitative estimate of drug-likeness (QED) is 0.888. The average Bonchev–Trinajstić information content (AvgIpc) is 2.71. The van der Waals surface area contributed by atoms with E-state index in [2.05, 4.69) is 0 Å². The molecule has 2 N–H and O–H groups in total. The molecule has 0 unspecified atom stereocenters. The van der Waals surface area contributed by atoms with Crippen molar-refractivity contribution in [2.24, 2.45) is 5.73 Å². The lowest BCUT2D eigenvalue weighted by Gasteiger charge is -2.23. The van der Waals surface area contributed by atoms with Gasteiger partial charge in [0.05, 0.1) is 6.04 Å². The first-order valence-electron chi connectivity index (χ1n) is 7.08. The third kappa shape index (κ3) is 4.60. The molecule has 22 heavy (non-hydrogen) atoms. The van der Waals surface area contributed by atoms with E-state index in [1.54, 1.807) is 41.0 Å². The molecule has 0 aromatic heterocycles. The van der Waals surface area contributed by atoms with Gasteiger partial charge >= 0.3 is 0 Å². The second kappa shape index (κ2) is 8.36. The molecule has 1 atom stereocenters. The molecular weight excluding hydrogens is 325 g/mol. The Hall–Kier alpha value is -1.30.